The summed E-state index contributed by atoms with van der Waals surface area (Å²) in [4.78, 5) is 26.3. The van der Waals surface area contributed by atoms with Crippen molar-refractivity contribution in [2.24, 2.45) is 17.8 Å². The molecule has 1 saturated carbocycles. The minimum atomic E-state index is -0.175. The lowest BCUT2D eigenvalue weighted by Crippen LogP contribution is -2.35. The van der Waals surface area contributed by atoms with Gasteiger partial charge in [-0.3, -0.25) is 9.59 Å². The second kappa shape index (κ2) is 7.09. The first-order chi connectivity index (χ1) is 9.63. The number of nitrogens with zero attached hydrogens (tertiary/aromatic N) is 1. The van der Waals surface area contributed by atoms with Gasteiger partial charge in [0.25, 0.3) is 0 Å². The molecule has 2 fully saturated rings. The molecule has 2 unspecified atom stereocenters. The molecule has 0 radical (unpaired) electrons. The fourth-order valence-corrected chi connectivity index (χ4v) is 3.57. The number of hydrogen-bond acceptors (Lipinski definition) is 3. The Morgan fingerprint density at radius 1 is 1.00 bits per heavy atom. The highest BCUT2D eigenvalue weighted by molar-refractivity contribution is 5.81. The lowest BCUT2D eigenvalue weighted by Gasteiger charge is -2.25. The Morgan fingerprint density at radius 3 is 2.20 bits per heavy atom. The van der Waals surface area contributed by atoms with Gasteiger partial charge in [-0.1, -0.05) is 39.0 Å². The molecule has 1 aliphatic heterocycles. The summed E-state index contributed by atoms with van der Waals surface area (Å²) < 4.78 is 4.84. The number of carbonyl (C=O) groups is 2. The van der Waals surface area contributed by atoms with E-state index in [2.05, 4.69) is 0 Å². The average Bonchev–Trinajstić information content (AvgIpc) is 2.79. The van der Waals surface area contributed by atoms with Gasteiger partial charge in [-0.15, -0.1) is 0 Å². The summed E-state index contributed by atoms with van der Waals surface area (Å²) in [6.07, 6.45) is 8.20. The molecule has 0 spiro atoms. The molecule has 0 bridgehead atoms. The van der Waals surface area contributed by atoms with Crippen LogP contribution in [0.1, 0.15) is 51.9 Å². The Labute approximate surface area is 121 Å². The van der Waals surface area contributed by atoms with Crippen molar-refractivity contribution in [2.75, 3.05) is 20.2 Å². The summed E-state index contributed by atoms with van der Waals surface area (Å²) in [6.45, 7) is 3.28. The largest absolute Gasteiger partial charge is 0.469 e. The predicted octanol–water partition coefficient (Wildman–Crippen LogP) is 2.61. The molecule has 114 valence electrons. The van der Waals surface area contributed by atoms with Gasteiger partial charge in [0.05, 0.1) is 13.0 Å². The molecule has 2 aliphatic rings. The summed E-state index contributed by atoms with van der Waals surface area (Å²) in [6, 6.07) is 0. The molecule has 0 aromatic carbocycles. The van der Waals surface area contributed by atoms with Crippen LogP contribution in [0.15, 0.2) is 0 Å². The molecule has 4 nitrogen and oxygen atoms in total. The lowest BCUT2D eigenvalue weighted by atomic mass is 9.90. The molecule has 20 heavy (non-hydrogen) atoms. The Morgan fingerprint density at radius 2 is 1.60 bits per heavy atom. The third kappa shape index (κ3) is 3.53. The van der Waals surface area contributed by atoms with Gasteiger partial charge in [-0.25, -0.2) is 0 Å². The summed E-state index contributed by atoms with van der Waals surface area (Å²) >= 11 is 0. The molecule has 1 heterocycles. The third-order valence-electron chi connectivity index (χ3n) is 4.88. The maximum Gasteiger partial charge on any atom is 0.310 e. The van der Waals surface area contributed by atoms with E-state index in [9.17, 15) is 9.59 Å². The van der Waals surface area contributed by atoms with E-state index in [1.165, 1.54) is 39.2 Å². The average molecular weight is 281 g/mol. The van der Waals surface area contributed by atoms with Gasteiger partial charge in [0.1, 0.15) is 0 Å². The fourth-order valence-electron chi connectivity index (χ4n) is 3.57. The second-order valence-corrected chi connectivity index (χ2v) is 6.39. The van der Waals surface area contributed by atoms with E-state index in [0.29, 0.717) is 13.1 Å². The van der Waals surface area contributed by atoms with Crippen molar-refractivity contribution in [3.05, 3.63) is 0 Å². The molecule has 2 rings (SSSR count). The van der Waals surface area contributed by atoms with Gasteiger partial charge in [0.2, 0.25) is 5.91 Å². The van der Waals surface area contributed by atoms with E-state index >= 15 is 0 Å². The van der Waals surface area contributed by atoms with Gasteiger partial charge < -0.3 is 9.64 Å². The Kier molecular flexibility index (Phi) is 5.44. The van der Waals surface area contributed by atoms with Crippen LogP contribution in [0.5, 0.6) is 0 Å². The molecule has 0 N–H and O–H groups in total. The van der Waals surface area contributed by atoms with Crippen LogP contribution in [0, 0.1) is 17.8 Å². The Bertz CT molecular complexity index is 348. The normalized spacial score (nSPS) is 28.8. The molecule has 4 heteroatoms. The van der Waals surface area contributed by atoms with Crippen molar-refractivity contribution in [2.45, 2.75) is 51.9 Å². The lowest BCUT2D eigenvalue weighted by molar-refractivity contribution is -0.146. The molecule has 0 aromatic rings. The minimum Gasteiger partial charge on any atom is -0.469 e. The van der Waals surface area contributed by atoms with Crippen molar-refractivity contribution in [1.82, 2.24) is 4.90 Å². The van der Waals surface area contributed by atoms with Gasteiger partial charge >= 0.3 is 5.97 Å². The highest BCUT2D eigenvalue weighted by Crippen LogP contribution is 2.29. The van der Waals surface area contributed by atoms with Crippen LogP contribution in [0.3, 0.4) is 0 Å². The van der Waals surface area contributed by atoms with E-state index in [4.69, 9.17) is 4.74 Å². The standard InChI is InChI=1S/C16H27NO3/c1-12-10-17(11-14(12)16(19)20-2)15(18)13-8-6-4-3-5-7-9-13/h12-14H,3-11H2,1-2H3. The maximum atomic E-state index is 12.6. The van der Waals surface area contributed by atoms with E-state index in [-0.39, 0.29) is 29.6 Å². The van der Waals surface area contributed by atoms with E-state index < -0.39 is 0 Å². The minimum absolute atomic E-state index is 0.141. The number of rotatable bonds is 2. The number of ether oxygens (including phenoxy) is 1. The molecule has 1 aliphatic carbocycles. The SMILES string of the molecule is COC(=O)C1CN(C(=O)C2CCCCCCC2)CC1C. The van der Waals surface area contributed by atoms with Crippen LogP contribution in [-0.4, -0.2) is 37.0 Å². The first-order valence-corrected chi connectivity index (χ1v) is 8.00. The second-order valence-electron chi connectivity index (χ2n) is 6.39. The summed E-state index contributed by atoms with van der Waals surface area (Å²) in [5, 5.41) is 0. The van der Waals surface area contributed by atoms with Crippen LogP contribution >= 0.6 is 0 Å². The van der Waals surface area contributed by atoms with E-state index in [1.54, 1.807) is 0 Å². The molecular weight excluding hydrogens is 254 g/mol. The Balaban J connectivity index is 1.93. The molecule has 1 saturated heterocycles. The first kappa shape index (κ1) is 15.3. The van der Waals surface area contributed by atoms with E-state index in [0.717, 1.165) is 12.8 Å². The number of amides is 1. The smallest absolute Gasteiger partial charge is 0.310 e. The highest BCUT2D eigenvalue weighted by atomic mass is 16.5. The monoisotopic (exact) mass is 281 g/mol. The number of likely N-dealkylation sites (tertiary alicyclic amines) is 1. The number of methoxy groups -OCH3 is 1. The molecule has 2 atom stereocenters. The third-order valence-corrected chi connectivity index (χ3v) is 4.88. The molecular formula is C16H27NO3. The van der Waals surface area contributed by atoms with Gasteiger partial charge in [0.15, 0.2) is 0 Å². The summed E-state index contributed by atoms with van der Waals surface area (Å²) in [7, 11) is 1.42. The van der Waals surface area contributed by atoms with Crippen molar-refractivity contribution >= 4 is 11.9 Å². The van der Waals surface area contributed by atoms with Crippen molar-refractivity contribution in [3.63, 3.8) is 0 Å². The molecule has 1 amide bonds. The van der Waals surface area contributed by atoms with Crippen LogP contribution in [0.25, 0.3) is 0 Å². The number of hydrogen-bond donors (Lipinski definition) is 0. The topological polar surface area (TPSA) is 46.6 Å². The van der Waals surface area contributed by atoms with Gasteiger partial charge in [-0.05, 0) is 18.8 Å². The summed E-state index contributed by atoms with van der Waals surface area (Å²) in [5.41, 5.74) is 0. The number of esters is 1. The van der Waals surface area contributed by atoms with Crippen molar-refractivity contribution in [1.29, 1.82) is 0 Å². The van der Waals surface area contributed by atoms with Crippen molar-refractivity contribution in [3.8, 4) is 0 Å². The predicted molar refractivity (Wildman–Crippen MR) is 77.1 cm³/mol. The van der Waals surface area contributed by atoms with Gasteiger partial charge in [0, 0.05) is 19.0 Å². The fraction of sp³-hybridized carbons (Fsp3) is 0.875. The molecule has 0 aromatic heterocycles. The van der Waals surface area contributed by atoms with Gasteiger partial charge in [-0.2, -0.15) is 0 Å². The van der Waals surface area contributed by atoms with E-state index in [1.807, 2.05) is 11.8 Å². The van der Waals surface area contributed by atoms with Crippen LogP contribution in [0.4, 0.5) is 0 Å². The van der Waals surface area contributed by atoms with Crippen LogP contribution in [-0.2, 0) is 14.3 Å². The zero-order chi connectivity index (χ0) is 14.5. The zero-order valence-corrected chi connectivity index (χ0v) is 12.8. The summed E-state index contributed by atoms with van der Waals surface area (Å²) in [5.74, 6) is 0.340. The van der Waals surface area contributed by atoms with Crippen LogP contribution in [0.2, 0.25) is 0 Å². The first-order valence-electron chi connectivity index (χ1n) is 8.00. The van der Waals surface area contributed by atoms with Crippen LogP contribution < -0.4 is 0 Å². The zero-order valence-electron chi connectivity index (χ0n) is 12.8. The maximum absolute atomic E-state index is 12.6. The highest BCUT2D eigenvalue weighted by Gasteiger charge is 2.39. The number of carbonyl (C=O) groups excluding carboxylic acids is 2. The van der Waals surface area contributed by atoms with Crippen molar-refractivity contribution < 1.29 is 14.3 Å². The Hall–Kier alpha value is -1.06. The quantitative estimate of drug-likeness (QED) is 0.731.